The predicted molar refractivity (Wildman–Crippen MR) is 65.2 cm³/mol. The zero-order valence-corrected chi connectivity index (χ0v) is 11.1. The van der Waals surface area contributed by atoms with Crippen molar-refractivity contribution in [3.05, 3.63) is 15.5 Å². The minimum Gasteiger partial charge on any atom is -0.372 e. The third-order valence-electron chi connectivity index (χ3n) is 2.19. The predicted octanol–water partition coefficient (Wildman–Crippen LogP) is 2.82. The molecule has 0 radical (unpaired) electrons. The summed E-state index contributed by atoms with van der Waals surface area (Å²) in [6.07, 6.45) is 3.42. The van der Waals surface area contributed by atoms with Crippen LogP contribution in [0.1, 0.15) is 32.9 Å². The molecule has 0 fully saturated rings. The molecule has 14 heavy (non-hydrogen) atoms. The van der Waals surface area contributed by atoms with Crippen molar-refractivity contribution >= 4 is 22.6 Å². The molecular formula is C10H17IN2O. The Morgan fingerprint density at radius 2 is 2.29 bits per heavy atom. The average molecular weight is 308 g/mol. The SMILES string of the molecule is CCC(C)OCc1nn(CC)cc1I. The lowest BCUT2D eigenvalue weighted by Crippen LogP contribution is -2.07. The van der Waals surface area contributed by atoms with Crippen LogP contribution in [-0.4, -0.2) is 15.9 Å². The van der Waals surface area contributed by atoms with Crippen molar-refractivity contribution < 1.29 is 4.74 Å². The average Bonchev–Trinajstić information content (AvgIpc) is 2.55. The number of halogens is 1. The van der Waals surface area contributed by atoms with Gasteiger partial charge in [0.25, 0.3) is 0 Å². The van der Waals surface area contributed by atoms with E-state index in [0.717, 1.165) is 18.7 Å². The molecule has 1 unspecified atom stereocenters. The highest BCUT2D eigenvalue weighted by Crippen LogP contribution is 2.12. The Morgan fingerprint density at radius 3 is 2.79 bits per heavy atom. The minimum absolute atomic E-state index is 0.317. The van der Waals surface area contributed by atoms with Crippen LogP contribution in [-0.2, 0) is 17.9 Å². The Labute approximate surface area is 99.0 Å². The summed E-state index contributed by atoms with van der Waals surface area (Å²) in [5.41, 5.74) is 1.05. The van der Waals surface area contributed by atoms with Crippen molar-refractivity contribution in [1.29, 1.82) is 0 Å². The first-order valence-electron chi connectivity index (χ1n) is 5.00. The molecule has 1 aromatic rings. The van der Waals surface area contributed by atoms with Crippen LogP contribution in [0.2, 0.25) is 0 Å². The number of hydrogen-bond donors (Lipinski definition) is 0. The van der Waals surface area contributed by atoms with Gasteiger partial charge in [-0.2, -0.15) is 5.10 Å². The number of ether oxygens (including phenoxy) is 1. The summed E-state index contributed by atoms with van der Waals surface area (Å²) in [5, 5.41) is 4.42. The van der Waals surface area contributed by atoms with Crippen molar-refractivity contribution in [3.63, 3.8) is 0 Å². The van der Waals surface area contributed by atoms with Crippen LogP contribution in [0, 0.1) is 3.57 Å². The van der Waals surface area contributed by atoms with E-state index in [4.69, 9.17) is 4.74 Å². The fourth-order valence-electron chi connectivity index (χ4n) is 1.04. The maximum absolute atomic E-state index is 5.64. The van der Waals surface area contributed by atoms with Gasteiger partial charge in [0.05, 0.1) is 16.3 Å². The number of rotatable bonds is 5. The van der Waals surface area contributed by atoms with Crippen LogP contribution in [0.3, 0.4) is 0 Å². The maximum Gasteiger partial charge on any atom is 0.101 e. The molecule has 0 aliphatic rings. The van der Waals surface area contributed by atoms with Gasteiger partial charge in [-0.1, -0.05) is 6.92 Å². The van der Waals surface area contributed by atoms with Crippen molar-refractivity contribution in [2.24, 2.45) is 0 Å². The molecule has 0 aliphatic carbocycles. The van der Waals surface area contributed by atoms with Gasteiger partial charge in [-0.3, -0.25) is 4.68 Å². The highest BCUT2D eigenvalue weighted by molar-refractivity contribution is 14.1. The first-order chi connectivity index (χ1) is 6.67. The highest BCUT2D eigenvalue weighted by atomic mass is 127. The first-order valence-corrected chi connectivity index (χ1v) is 6.08. The summed E-state index contributed by atoms with van der Waals surface area (Å²) in [7, 11) is 0. The third-order valence-corrected chi connectivity index (χ3v) is 3.09. The molecule has 3 nitrogen and oxygen atoms in total. The topological polar surface area (TPSA) is 27.1 Å². The fraction of sp³-hybridized carbons (Fsp3) is 0.700. The quantitative estimate of drug-likeness (QED) is 0.782. The first kappa shape index (κ1) is 12.0. The molecular weight excluding hydrogens is 291 g/mol. The molecule has 0 spiro atoms. The highest BCUT2D eigenvalue weighted by Gasteiger charge is 2.07. The van der Waals surface area contributed by atoms with Gasteiger partial charge in [0.2, 0.25) is 0 Å². The standard InChI is InChI=1S/C10H17IN2O/c1-4-8(3)14-7-10-9(11)6-13(5-2)12-10/h6,8H,4-5,7H2,1-3H3. The maximum atomic E-state index is 5.64. The van der Waals surface area contributed by atoms with Gasteiger partial charge < -0.3 is 4.74 Å². The van der Waals surface area contributed by atoms with Gasteiger partial charge >= 0.3 is 0 Å². The minimum atomic E-state index is 0.317. The van der Waals surface area contributed by atoms with Crippen LogP contribution < -0.4 is 0 Å². The van der Waals surface area contributed by atoms with E-state index in [2.05, 4.69) is 54.7 Å². The lowest BCUT2D eigenvalue weighted by atomic mass is 10.3. The normalized spacial score (nSPS) is 13.1. The number of hydrogen-bond acceptors (Lipinski definition) is 2. The largest absolute Gasteiger partial charge is 0.372 e. The van der Waals surface area contributed by atoms with Crippen molar-refractivity contribution in [2.45, 2.75) is 46.4 Å². The lowest BCUT2D eigenvalue weighted by molar-refractivity contribution is 0.0482. The van der Waals surface area contributed by atoms with E-state index in [1.54, 1.807) is 0 Å². The molecule has 0 aliphatic heterocycles. The molecule has 1 rings (SSSR count). The molecule has 0 bridgehead atoms. The second kappa shape index (κ2) is 5.70. The molecule has 1 aromatic heterocycles. The van der Waals surface area contributed by atoms with Gasteiger partial charge in [-0.05, 0) is 42.9 Å². The van der Waals surface area contributed by atoms with E-state index in [1.165, 1.54) is 3.57 Å². The van der Waals surface area contributed by atoms with Gasteiger partial charge in [-0.25, -0.2) is 0 Å². The summed E-state index contributed by atoms with van der Waals surface area (Å²) in [5.74, 6) is 0. The molecule has 0 N–H and O–H groups in total. The Hall–Kier alpha value is -0.100. The summed E-state index contributed by atoms with van der Waals surface area (Å²) in [6.45, 7) is 7.84. The Bertz CT molecular complexity index is 286. The van der Waals surface area contributed by atoms with E-state index < -0.39 is 0 Å². The lowest BCUT2D eigenvalue weighted by Gasteiger charge is -2.08. The molecule has 4 heteroatoms. The second-order valence-corrected chi connectivity index (χ2v) is 4.47. The van der Waals surface area contributed by atoms with Crippen LogP contribution in [0.4, 0.5) is 0 Å². The Balaban J connectivity index is 2.53. The van der Waals surface area contributed by atoms with Gasteiger partial charge in [0, 0.05) is 12.7 Å². The second-order valence-electron chi connectivity index (χ2n) is 3.31. The van der Waals surface area contributed by atoms with Crippen LogP contribution in [0.25, 0.3) is 0 Å². The van der Waals surface area contributed by atoms with Crippen LogP contribution in [0.15, 0.2) is 6.20 Å². The van der Waals surface area contributed by atoms with Crippen molar-refractivity contribution in [1.82, 2.24) is 9.78 Å². The molecule has 0 saturated carbocycles. The molecule has 80 valence electrons. The summed E-state index contributed by atoms with van der Waals surface area (Å²) < 4.78 is 8.76. The van der Waals surface area contributed by atoms with E-state index in [1.807, 2.05) is 4.68 Å². The molecule has 1 atom stereocenters. The van der Waals surface area contributed by atoms with Crippen LogP contribution in [0.5, 0.6) is 0 Å². The van der Waals surface area contributed by atoms with Crippen LogP contribution >= 0.6 is 22.6 Å². The van der Waals surface area contributed by atoms with Gasteiger partial charge in [-0.15, -0.1) is 0 Å². The fourth-order valence-corrected chi connectivity index (χ4v) is 1.62. The Kier molecular flexibility index (Phi) is 4.88. The summed E-state index contributed by atoms with van der Waals surface area (Å²) in [6, 6.07) is 0. The smallest absolute Gasteiger partial charge is 0.101 e. The van der Waals surface area contributed by atoms with E-state index in [0.29, 0.717) is 12.7 Å². The number of aryl methyl sites for hydroxylation is 1. The Morgan fingerprint density at radius 1 is 1.57 bits per heavy atom. The van der Waals surface area contributed by atoms with Gasteiger partial charge in [0.15, 0.2) is 0 Å². The summed E-state index contributed by atoms with van der Waals surface area (Å²) in [4.78, 5) is 0. The number of nitrogens with zero attached hydrogens (tertiary/aromatic N) is 2. The molecule has 0 amide bonds. The number of aromatic nitrogens is 2. The molecule has 0 saturated heterocycles. The van der Waals surface area contributed by atoms with E-state index >= 15 is 0 Å². The summed E-state index contributed by atoms with van der Waals surface area (Å²) >= 11 is 2.30. The van der Waals surface area contributed by atoms with Crippen molar-refractivity contribution in [3.8, 4) is 0 Å². The van der Waals surface area contributed by atoms with E-state index in [9.17, 15) is 0 Å². The molecule has 1 heterocycles. The van der Waals surface area contributed by atoms with Gasteiger partial charge in [0.1, 0.15) is 5.69 Å². The molecule has 0 aromatic carbocycles. The zero-order valence-electron chi connectivity index (χ0n) is 8.96. The monoisotopic (exact) mass is 308 g/mol. The van der Waals surface area contributed by atoms with E-state index in [-0.39, 0.29) is 0 Å². The van der Waals surface area contributed by atoms with Crippen molar-refractivity contribution in [2.75, 3.05) is 0 Å². The zero-order chi connectivity index (χ0) is 10.6. The third kappa shape index (κ3) is 3.24.